The van der Waals surface area contributed by atoms with Crippen LogP contribution in [0.2, 0.25) is 0 Å². The lowest BCUT2D eigenvalue weighted by molar-refractivity contribution is 0.0554. The third-order valence-corrected chi connectivity index (χ3v) is 3.38. The summed E-state index contributed by atoms with van der Waals surface area (Å²) >= 11 is 3.40. The molecule has 0 heterocycles. The fourth-order valence-corrected chi connectivity index (χ4v) is 1.97. The minimum absolute atomic E-state index is 0.339. The normalized spacial score (nSPS) is 13.6. The number of nitrogens with two attached hydrogens (primary N) is 1. The number of halogens is 1. The minimum Gasteiger partial charge on any atom is -0.496 e. The average molecular weight is 288 g/mol. The summed E-state index contributed by atoms with van der Waals surface area (Å²) in [5.74, 6) is 0.751. The fourth-order valence-electron chi connectivity index (χ4n) is 1.42. The monoisotopic (exact) mass is 287 g/mol. The summed E-state index contributed by atoms with van der Waals surface area (Å²) < 4.78 is 5.97. The standard InChI is InChI=1S/C12H18BrNO2/c1-12(2,7-14)11(15)8-4-5-10(16-3)9(13)6-8/h4-6,11,15H,7,14H2,1-3H3. The van der Waals surface area contributed by atoms with Crippen LogP contribution in [-0.2, 0) is 0 Å². The molecule has 1 atom stereocenters. The van der Waals surface area contributed by atoms with Gasteiger partial charge in [0.05, 0.1) is 17.7 Å². The summed E-state index contributed by atoms with van der Waals surface area (Å²) in [7, 11) is 1.61. The summed E-state index contributed by atoms with van der Waals surface area (Å²) in [6.07, 6.45) is -0.584. The summed E-state index contributed by atoms with van der Waals surface area (Å²) in [5.41, 5.74) is 6.14. The number of aliphatic hydroxyl groups is 1. The molecule has 4 heteroatoms. The second-order valence-electron chi connectivity index (χ2n) is 4.49. The van der Waals surface area contributed by atoms with Crippen LogP contribution in [0.15, 0.2) is 22.7 Å². The Morgan fingerprint density at radius 3 is 2.56 bits per heavy atom. The number of methoxy groups -OCH3 is 1. The first-order valence-electron chi connectivity index (χ1n) is 5.14. The second kappa shape index (κ2) is 5.17. The van der Waals surface area contributed by atoms with Crippen LogP contribution in [0.4, 0.5) is 0 Å². The molecule has 90 valence electrons. The van der Waals surface area contributed by atoms with Crippen LogP contribution in [0, 0.1) is 5.41 Å². The van der Waals surface area contributed by atoms with E-state index < -0.39 is 6.10 Å². The molecule has 0 amide bonds. The van der Waals surface area contributed by atoms with Gasteiger partial charge < -0.3 is 15.6 Å². The van der Waals surface area contributed by atoms with Crippen molar-refractivity contribution >= 4 is 15.9 Å². The van der Waals surface area contributed by atoms with Crippen molar-refractivity contribution in [1.29, 1.82) is 0 Å². The molecule has 0 spiro atoms. The van der Waals surface area contributed by atoms with E-state index in [1.54, 1.807) is 7.11 Å². The molecular weight excluding hydrogens is 270 g/mol. The molecule has 1 aromatic rings. The largest absolute Gasteiger partial charge is 0.496 e. The lowest BCUT2D eigenvalue weighted by Crippen LogP contribution is -2.30. The molecule has 1 rings (SSSR count). The lowest BCUT2D eigenvalue weighted by Gasteiger charge is -2.29. The van der Waals surface area contributed by atoms with E-state index in [0.717, 1.165) is 15.8 Å². The SMILES string of the molecule is COc1ccc(C(O)C(C)(C)CN)cc1Br. The first-order chi connectivity index (χ1) is 7.42. The van der Waals surface area contributed by atoms with Gasteiger partial charge in [0.1, 0.15) is 5.75 Å². The third-order valence-electron chi connectivity index (χ3n) is 2.76. The summed E-state index contributed by atoms with van der Waals surface area (Å²) in [4.78, 5) is 0. The van der Waals surface area contributed by atoms with Crippen LogP contribution in [0.3, 0.4) is 0 Å². The van der Waals surface area contributed by atoms with E-state index in [2.05, 4.69) is 15.9 Å². The van der Waals surface area contributed by atoms with Crippen molar-refractivity contribution < 1.29 is 9.84 Å². The van der Waals surface area contributed by atoms with Crippen molar-refractivity contribution in [1.82, 2.24) is 0 Å². The number of aliphatic hydroxyl groups excluding tert-OH is 1. The van der Waals surface area contributed by atoms with E-state index in [0.29, 0.717) is 6.54 Å². The third kappa shape index (κ3) is 2.75. The Labute approximate surface area is 105 Å². The predicted molar refractivity (Wildman–Crippen MR) is 68.5 cm³/mol. The average Bonchev–Trinajstić information content (AvgIpc) is 2.27. The van der Waals surface area contributed by atoms with Gasteiger partial charge >= 0.3 is 0 Å². The zero-order chi connectivity index (χ0) is 12.3. The van der Waals surface area contributed by atoms with E-state index in [4.69, 9.17) is 10.5 Å². The van der Waals surface area contributed by atoms with Gasteiger partial charge in [0, 0.05) is 12.0 Å². The summed E-state index contributed by atoms with van der Waals surface area (Å²) in [5, 5.41) is 10.2. The molecule has 0 saturated carbocycles. The van der Waals surface area contributed by atoms with Crippen molar-refractivity contribution in [3.8, 4) is 5.75 Å². The van der Waals surface area contributed by atoms with Crippen molar-refractivity contribution in [2.45, 2.75) is 20.0 Å². The highest BCUT2D eigenvalue weighted by atomic mass is 79.9. The maximum absolute atomic E-state index is 10.2. The van der Waals surface area contributed by atoms with Crippen molar-refractivity contribution in [3.63, 3.8) is 0 Å². The molecule has 0 aliphatic carbocycles. The van der Waals surface area contributed by atoms with Gasteiger partial charge in [-0.05, 0) is 33.6 Å². The van der Waals surface area contributed by atoms with Crippen molar-refractivity contribution in [2.75, 3.05) is 13.7 Å². The van der Waals surface area contributed by atoms with Crippen LogP contribution in [0.1, 0.15) is 25.5 Å². The van der Waals surface area contributed by atoms with E-state index in [9.17, 15) is 5.11 Å². The molecule has 0 saturated heterocycles. The van der Waals surface area contributed by atoms with E-state index in [1.807, 2.05) is 32.0 Å². The molecule has 3 N–H and O–H groups in total. The highest BCUT2D eigenvalue weighted by molar-refractivity contribution is 9.10. The Hall–Kier alpha value is -0.580. The molecule has 3 nitrogen and oxygen atoms in total. The molecule has 0 radical (unpaired) electrons. The molecule has 0 bridgehead atoms. The van der Waals surface area contributed by atoms with Gasteiger partial charge in [-0.1, -0.05) is 19.9 Å². The second-order valence-corrected chi connectivity index (χ2v) is 5.34. The van der Waals surface area contributed by atoms with Gasteiger partial charge in [0.25, 0.3) is 0 Å². The number of hydrogen-bond donors (Lipinski definition) is 2. The molecule has 1 aromatic carbocycles. The van der Waals surface area contributed by atoms with Gasteiger partial charge in [-0.15, -0.1) is 0 Å². The Balaban J connectivity index is 3.02. The van der Waals surface area contributed by atoms with Gasteiger partial charge in [0.2, 0.25) is 0 Å². The quantitative estimate of drug-likeness (QED) is 0.895. The highest BCUT2D eigenvalue weighted by Gasteiger charge is 2.27. The maximum atomic E-state index is 10.2. The van der Waals surface area contributed by atoms with Gasteiger partial charge in [-0.2, -0.15) is 0 Å². The molecular formula is C12H18BrNO2. The Kier molecular flexibility index (Phi) is 4.35. The Bertz CT molecular complexity index is 366. The van der Waals surface area contributed by atoms with E-state index in [-0.39, 0.29) is 5.41 Å². The van der Waals surface area contributed by atoms with Crippen LogP contribution in [0.25, 0.3) is 0 Å². The maximum Gasteiger partial charge on any atom is 0.133 e. The first kappa shape index (κ1) is 13.5. The highest BCUT2D eigenvalue weighted by Crippen LogP contribution is 2.35. The molecule has 0 aliphatic heterocycles. The molecule has 0 aromatic heterocycles. The van der Waals surface area contributed by atoms with Crippen molar-refractivity contribution in [3.05, 3.63) is 28.2 Å². The molecule has 0 aliphatic rings. The van der Waals surface area contributed by atoms with Crippen LogP contribution < -0.4 is 10.5 Å². The Morgan fingerprint density at radius 2 is 2.12 bits per heavy atom. The van der Waals surface area contributed by atoms with Crippen molar-refractivity contribution in [2.24, 2.45) is 11.1 Å². The summed E-state index contributed by atoms with van der Waals surface area (Å²) in [6, 6.07) is 5.54. The van der Waals surface area contributed by atoms with Crippen LogP contribution in [-0.4, -0.2) is 18.8 Å². The lowest BCUT2D eigenvalue weighted by atomic mass is 9.83. The first-order valence-corrected chi connectivity index (χ1v) is 5.93. The zero-order valence-electron chi connectivity index (χ0n) is 9.83. The number of rotatable bonds is 4. The fraction of sp³-hybridized carbons (Fsp3) is 0.500. The zero-order valence-corrected chi connectivity index (χ0v) is 11.4. The van der Waals surface area contributed by atoms with E-state index >= 15 is 0 Å². The van der Waals surface area contributed by atoms with Gasteiger partial charge in [0.15, 0.2) is 0 Å². The topological polar surface area (TPSA) is 55.5 Å². The van der Waals surface area contributed by atoms with E-state index in [1.165, 1.54) is 0 Å². The van der Waals surface area contributed by atoms with Gasteiger partial charge in [-0.3, -0.25) is 0 Å². The number of hydrogen-bond acceptors (Lipinski definition) is 3. The smallest absolute Gasteiger partial charge is 0.133 e. The van der Waals surface area contributed by atoms with Crippen LogP contribution >= 0.6 is 15.9 Å². The van der Waals surface area contributed by atoms with Gasteiger partial charge in [-0.25, -0.2) is 0 Å². The molecule has 16 heavy (non-hydrogen) atoms. The molecule has 1 unspecified atom stereocenters. The summed E-state index contributed by atoms with van der Waals surface area (Å²) in [6.45, 7) is 4.31. The number of benzene rings is 1. The number of ether oxygens (including phenoxy) is 1. The minimum atomic E-state index is -0.584. The Morgan fingerprint density at radius 1 is 1.50 bits per heavy atom. The predicted octanol–water partition coefficient (Wildman–Crippen LogP) is 2.48. The van der Waals surface area contributed by atoms with Crippen LogP contribution in [0.5, 0.6) is 5.75 Å². The molecule has 0 fully saturated rings.